The maximum atomic E-state index is 11.5. The summed E-state index contributed by atoms with van der Waals surface area (Å²) in [6.07, 6.45) is 2.09. The van der Waals surface area contributed by atoms with Crippen LogP contribution in [-0.4, -0.2) is 54.5 Å². The van der Waals surface area contributed by atoms with Crippen molar-refractivity contribution in [1.82, 2.24) is 0 Å². The van der Waals surface area contributed by atoms with Crippen LogP contribution in [0.25, 0.3) is 0 Å². The van der Waals surface area contributed by atoms with E-state index in [-0.39, 0.29) is 36.5 Å². The van der Waals surface area contributed by atoms with Crippen LogP contribution in [0.2, 0.25) is 0 Å². The average Bonchev–Trinajstić information content (AvgIpc) is 3.28. The number of carbonyl (C=O) groups excluding carboxylic acids is 1. The molecule has 2 heterocycles. The van der Waals surface area contributed by atoms with Gasteiger partial charge in [0, 0.05) is 5.92 Å². The maximum Gasteiger partial charge on any atom is 0.337 e. The highest BCUT2D eigenvalue weighted by molar-refractivity contribution is 5.77. The van der Waals surface area contributed by atoms with Crippen LogP contribution in [0.5, 0.6) is 0 Å². The fourth-order valence-corrected chi connectivity index (χ4v) is 2.82. The molecule has 2 rings (SSSR count). The highest BCUT2D eigenvalue weighted by Crippen LogP contribution is 2.31. The molecule has 7 atom stereocenters. The van der Waals surface area contributed by atoms with Gasteiger partial charge in [0.1, 0.15) is 0 Å². The Kier molecular flexibility index (Phi) is 6.59. The number of aliphatic hydroxyl groups excluding tert-OH is 1. The Balaban J connectivity index is 1.74. The van der Waals surface area contributed by atoms with Crippen molar-refractivity contribution in [3.63, 3.8) is 0 Å². The molecule has 2 saturated heterocycles. The fourth-order valence-electron chi connectivity index (χ4n) is 2.82. The van der Waals surface area contributed by atoms with Gasteiger partial charge in [-0.15, -0.1) is 6.58 Å². The first-order chi connectivity index (χ1) is 11.0. The van der Waals surface area contributed by atoms with Crippen molar-refractivity contribution in [2.24, 2.45) is 5.92 Å². The number of hydrogen-bond acceptors (Lipinski definition) is 6. The zero-order chi connectivity index (χ0) is 17.0. The second-order valence-electron chi connectivity index (χ2n) is 6.32. The highest BCUT2D eigenvalue weighted by Gasteiger charge is 2.46. The van der Waals surface area contributed by atoms with Crippen molar-refractivity contribution in [3.05, 3.63) is 12.7 Å². The Morgan fingerprint density at radius 3 is 2.83 bits per heavy atom. The van der Waals surface area contributed by atoms with Crippen molar-refractivity contribution in [2.45, 2.75) is 76.8 Å². The minimum Gasteiger partial charge on any atom is -0.464 e. The zero-order valence-corrected chi connectivity index (χ0v) is 14.1. The first-order valence-corrected chi connectivity index (χ1v) is 8.39. The lowest BCUT2D eigenvalue weighted by Crippen LogP contribution is -2.44. The molecule has 0 bridgehead atoms. The number of esters is 1. The normalized spacial score (nSPS) is 37.9. The van der Waals surface area contributed by atoms with Gasteiger partial charge in [-0.1, -0.05) is 13.0 Å². The third kappa shape index (κ3) is 5.01. The summed E-state index contributed by atoms with van der Waals surface area (Å²) in [7, 11) is 0. The molecule has 1 N–H and O–H groups in total. The molecule has 2 fully saturated rings. The highest BCUT2D eigenvalue weighted by atomic mass is 16.7. The van der Waals surface area contributed by atoms with E-state index in [1.54, 1.807) is 13.0 Å². The van der Waals surface area contributed by atoms with Crippen LogP contribution in [0.4, 0.5) is 0 Å². The molecule has 2 aliphatic heterocycles. The predicted molar refractivity (Wildman–Crippen MR) is 83.7 cm³/mol. The molecule has 0 unspecified atom stereocenters. The molecule has 0 aromatic rings. The standard InChI is InChI=1S/C17H28O6/c1-5-12(7-8-14-15(23-14)16(19)20-6-2)22-17-10(3)9-13(18)11(4)21-17/h5,10-15,17-18H,1,6-9H2,2-4H3/t10-,11+,12-,13-,14-,15+,17+/m1/s1. The smallest absolute Gasteiger partial charge is 0.337 e. The van der Waals surface area contributed by atoms with Crippen LogP contribution < -0.4 is 0 Å². The van der Waals surface area contributed by atoms with Crippen molar-refractivity contribution in [3.8, 4) is 0 Å². The molecule has 0 aromatic carbocycles. The number of carbonyl (C=O) groups is 1. The molecule has 0 aliphatic carbocycles. The Bertz CT molecular complexity index is 412. The number of epoxide rings is 1. The first-order valence-electron chi connectivity index (χ1n) is 8.39. The third-order valence-electron chi connectivity index (χ3n) is 4.38. The third-order valence-corrected chi connectivity index (χ3v) is 4.38. The quantitative estimate of drug-likeness (QED) is 0.416. The summed E-state index contributed by atoms with van der Waals surface area (Å²) in [4.78, 5) is 11.5. The molecule has 6 heteroatoms. The predicted octanol–water partition coefficient (Wildman–Crippen LogP) is 1.80. The summed E-state index contributed by atoms with van der Waals surface area (Å²) < 4.78 is 22.0. The van der Waals surface area contributed by atoms with Gasteiger partial charge in [-0.25, -0.2) is 4.79 Å². The Morgan fingerprint density at radius 2 is 2.17 bits per heavy atom. The SMILES string of the molecule is C=C[C@H](CC[C@H]1O[C@@H]1C(=O)OCC)O[C@@H]1O[C@@H](C)[C@H](O)C[C@H]1C. The number of ether oxygens (including phenoxy) is 4. The number of rotatable bonds is 8. The molecule has 0 saturated carbocycles. The van der Waals surface area contributed by atoms with Gasteiger partial charge in [-0.05, 0) is 33.1 Å². The van der Waals surface area contributed by atoms with E-state index < -0.39 is 12.2 Å². The van der Waals surface area contributed by atoms with Gasteiger partial charge in [-0.3, -0.25) is 0 Å². The summed E-state index contributed by atoms with van der Waals surface area (Å²) in [5.41, 5.74) is 0. The summed E-state index contributed by atoms with van der Waals surface area (Å²) in [6.45, 7) is 9.79. The van der Waals surface area contributed by atoms with Crippen molar-refractivity contribution in [1.29, 1.82) is 0 Å². The topological polar surface area (TPSA) is 77.5 Å². The van der Waals surface area contributed by atoms with Gasteiger partial charge >= 0.3 is 5.97 Å². The monoisotopic (exact) mass is 328 g/mol. The van der Waals surface area contributed by atoms with Crippen LogP contribution in [-0.2, 0) is 23.7 Å². The lowest BCUT2D eigenvalue weighted by Gasteiger charge is -2.37. The van der Waals surface area contributed by atoms with Gasteiger partial charge in [0.05, 0.1) is 31.0 Å². The largest absolute Gasteiger partial charge is 0.464 e. The van der Waals surface area contributed by atoms with Crippen LogP contribution in [0.1, 0.15) is 40.0 Å². The van der Waals surface area contributed by atoms with Gasteiger partial charge in [-0.2, -0.15) is 0 Å². The zero-order valence-electron chi connectivity index (χ0n) is 14.1. The van der Waals surface area contributed by atoms with E-state index in [2.05, 4.69) is 6.58 Å². The minimum absolute atomic E-state index is 0.0921. The molecule has 0 amide bonds. The van der Waals surface area contributed by atoms with Gasteiger partial charge < -0.3 is 24.1 Å². The lowest BCUT2D eigenvalue weighted by molar-refractivity contribution is -0.251. The van der Waals surface area contributed by atoms with Crippen molar-refractivity contribution < 1.29 is 28.8 Å². The first kappa shape index (κ1) is 18.4. The van der Waals surface area contributed by atoms with Crippen LogP contribution >= 0.6 is 0 Å². The molecular formula is C17H28O6. The second-order valence-corrected chi connectivity index (χ2v) is 6.32. The Hall–Kier alpha value is -0.950. The van der Waals surface area contributed by atoms with E-state index >= 15 is 0 Å². The van der Waals surface area contributed by atoms with E-state index in [0.29, 0.717) is 25.9 Å². The maximum absolute atomic E-state index is 11.5. The van der Waals surface area contributed by atoms with E-state index in [0.717, 1.165) is 0 Å². The molecule has 23 heavy (non-hydrogen) atoms. The van der Waals surface area contributed by atoms with Crippen molar-refractivity contribution >= 4 is 5.97 Å². The van der Waals surface area contributed by atoms with E-state index in [4.69, 9.17) is 18.9 Å². The number of hydrogen-bond donors (Lipinski definition) is 1. The summed E-state index contributed by atoms with van der Waals surface area (Å²) in [5, 5.41) is 9.81. The molecule has 6 nitrogen and oxygen atoms in total. The average molecular weight is 328 g/mol. The van der Waals surface area contributed by atoms with E-state index in [9.17, 15) is 9.90 Å². The number of aliphatic hydroxyl groups is 1. The van der Waals surface area contributed by atoms with Crippen LogP contribution in [0.15, 0.2) is 12.7 Å². The minimum atomic E-state index is -0.447. The second kappa shape index (κ2) is 8.24. The van der Waals surface area contributed by atoms with Crippen LogP contribution in [0.3, 0.4) is 0 Å². The van der Waals surface area contributed by atoms with Gasteiger partial charge in [0.15, 0.2) is 12.4 Å². The van der Waals surface area contributed by atoms with Gasteiger partial charge in [0.2, 0.25) is 0 Å². The Labute approximate surface area is 137 Å². The summed E-state index contributed by atoms with van der Waals surface area (Å²) in [5.74, 6) is -0.172. The summed E-state index contributed by atoms with van der Waals surface area (Å²) in [6, 6.07) is 0. The van der Waals surface area contributed by atoms with E-state index in [1.807, 2.05) is 13.8 Å². The Morgan fingerprint density at radius 1 is 1.43 bits per heavy atom. The van der Waals surface area contributed by atoms with E-state index in [1.165, 1.54) is 0 Å². The molecule has 0 radical (unpaired) electrons. The summed E-state index contributed by atoms with van der Waals surface area (Å²) >= 11 is 0. The molecule has 0 aromatic heterocycles. The van der Waals surface area contributed by atoms with Crippen molar-refractivity contribution in [2.75, 3.05) is 6.61 Å². The van der Waals surface area contributed by atoms with Crippen LogP contribution in [0, 0.1) is 5.92 Å². The fraction of sp³-hybridized carbons (Fsp3) is 0.824. The molecular weight excluding hydrogens is 300 g/mol. The molecule has 132 valence electrons. The molecule has 0 spiro atoms. The van der Waals surface area contributed by atoms with Gasteiger partial charge in [0.25, 0.3) is 0 Å². The molecule has 2 aliphatic rings. The lowest BCUT2D eigenvalue weighted by atomic mass is 9.96.